The van der Waals surface area contributed by atoms with Crippen LogP contribution < -0.4 is 5.32 Å². The maximum Gasteiger partial charge on any atom is 0.255 e. The zero-order chi connectivity index (χ0) is 17.9. The molecule has 4 aromatic rings. The SMILES string of the molecule is Cc1c(C(=O)NCc2cc3ccccc3o2)cnn1Cc1ccccc1. The lowest BCUT2D eigenvalue weighted by atomic mass is 10.2. The second-order valence-electron chi connectivity index (χ2n) is 6.22. The molecule has 0 bridgehead atoms. The van der Waals surface area contributed by atoms with Crippen LogP contribution in [0.3, 0.4) is 0 Å². The van der Waals surface area contributed by atoms with E-state index >= 15 is 0 Å². The summed E-state index contributed by atoms with van der Waals surface area (Å²) in [5.74, 6) is 0.580. The van der Waals surface area contributed by atoms with Crippen molar-refractivity contribution in [1.29, 1.82) is 0 Å². The van der Waals surface area contributed by atoms with E-state index in [0.29, 0.717) is 18.7 Å². The van der Waals surface area contributed by atoms with Gasteiger partial charge in [-0.05, 0) is 24.6 Å². The molecule has 0 saturated carbocycles. The first-order valence-electron chi connectivity index (χ1n) is 8.53. The number of hydrogen-bond donors (Lipinski definition) is 1. The van der Waals surface area contributed by atoms with Gasteiger partial charge in [0.05, 0.1) is 24.8 Å². The molecule has 0 atom stereocenters. The first-order valence-corrected chi connectivity index (χ1v) is 8.53. The third kappa shape index (κ3) is 3.24. The van der Waals surface area contributed by atoms with Gasteiger partial charge in [-0.1, -0.05) is 48.5 Å². The number of aromatic nitrogens is 2. The van der Waals surface area contributed by atoms with Crippen LogP contribution in [0, 0.1) is 6.92 Å². The third-order valence-electron chi connectivity index (χ3n) is 4.42. The zero-order valence-corrected chi connectivity index (χ0v) is 14.5. The van der Waals surface area contributed by atoms with Gasteiger partial charge >= 0.3 is 0 Å². The molecule has 5 heteroatoms. The highest BCUT2D eigenvalue weighted by atomic mass is 16.3. The quantitative estimate of drug-likeness (QED) is 0.596. The number of rotatable bonds is 5. The lowest BCUT2D eigenvalue weighted by Gasteiger charge is -2.06. The van der Waals surface area contributed by atoms with Crippen molar-refractivity contribution in [3.8, 4) is 0 Å². The van der Waals surface area contributed by atoms with E-state index < -0.39 is 0 Å². The lowest BCUT2D eigenvalue weighted by molar-refractivity contribution is 0.0947. The fraction of sp³-hybridized carbons (Fsp3) is 0.143. The van der Waals surface area contributed by atoms with Gasteiger partial charge in [0.2, 0.25) is 0 Å². The Bertz CT molecular complexity index is 1010. The van der Waals surface area contributed by atoms with E-state index in [1.165, 1.54) is 0 Å². The number of nitrogens with one attached hydrogen (secondary N) is 1. The van der Waals surface area contributed by atoms with Crippen molar-refractivity contribution in [2.24, 2.45) is 0 Å². The molecule has 5 nitrogen and oxygen atoms in total. The average molecular weight is 345 g/mol. The van der Waals surface area contributed by atoms with Crippen molar-refractivity contribution in [2.45, 2.75) is 20.0 Å². The highest BCUT2D eigenvalue weighted by molar-refractivity contribution is 5.95. The minimum atomic E-state index is -0.151. The molecule has 2 heterocycles. The van der Waals surface area contributed by atoms with Gasteiger partial charge in [-0.15, -0.1) is 0 Å². The van der Waals surface area contributed by atoms with Gasteiger partial charge < -0.3 is 9.73 Å². The van der Waals surface area contributed by atoms with Gasteiger partial charge in [-0.3, -0.25) is 9.48 Å². The minimum absolute atomic E-state index is 0.151. The van der Waals surface area contributed by atoms with Gasteiger partial charge in [0, 0.05) is 11.1 Å². The molecular weight excluding hydrogens is 326 g/mol. The highest BCUT2D eigenvalue weighted by Gasteiger charge is 2.15. The Hall–Kier alpha value is -3.34. The molecule has 4 rings (SSSR count). The monoisotopic (exact) mass is 345 g/mol. The number of amides is 1. The largest absolute Gasteiger partial charge is 0.459 e. The molecule has 2 aromatic heterocycles. The summed E-state index contributed by atoms with van der Waals surface area (Å²) in [5, 5.41) is 8.29. The van der Waals surface area contributed by atoms with Crippen molar-refractivity contribution in [3.05, 3.63) is 89.4 Å². The van der Waals surface area contributed by atoms with Crippen LogP contribution in [0.25, 0.3) is 11.0 Å². The van der Waals surface area contributed by atoms with Crippen LogP contribution in [-0.4, -0.2) is 15.7 Å². The second-order valence-corrected chi connectivity index (χ2v) is 6.22. The minimum Gasteiger partial charge on any atom is -0.459 e. The van der Waals surface area contributed by atoms with E-state index in [4.69, 9.17) is 4.42 Å². The maximum absolute atomic E-state index is 12.5. The number of furan rings is 1. The summed E-state index contributed by atoms with van der Waals surface area (Å²) in [7, 11) is 0. The van der Waals surface area contributed by atoms with Gasteiger partial charge in [-0.25, -0.2) is 0 Å². The number of hydrogen-bond acceptors (Lipinski definition) is 3. The lowest BCUT2D eigenvalue weighted by Crippen LogP contribution is -2.23. The molecule has 0 radical (unpaired) electrons. The first-order chi connectivity index (χ1) is 12.7. The van der Waals surface area contributed by atoms with Crippen LogP contribution in [0.5, 0.6) is 0 Å². The van der Waals surface area contributed by atoms with E-state index in [-0.39, 0.29) is 5.91 Å². The summed E-state index contributed by atoms with van der Waals surface area (Å²) >= 11 is 0. The Morgan fingerprint density at radius 3 is 2.69 bits per heavy atom. The van der Waals surface area contributed by atoms with Crippen molar-refractivity contribution < 1.29 is 9.21 Å². The predicted molar refractivity (Wildman–Crippen MR) is 99.9 cm³/mol. The molecule has 130 valence electrons. The summed E-state index contributed by atoms with van der Waals surface area (Å²) in [5.41, 5.74) is 3.39. The van der Waals surface area contributed by atoms with Gasteiger partial charge in [-0.2, -0.15) is 5.10 Å². The van der Waals surface area contributed by atoms with Crippen LogP contribution in [0.4, 0.5) is 0 Å². The number of benzene rings is 2. The topological polar surface area (TPSA) is 60.1 Å². The van der Waals surface area contributed by atoms with E-state index in [0.717, 1.165) is 28.0 Å². The Labute approximate surface area is 151 Å². The van der Waals surface area contributed by atoms with Gasteiger partial charge in [0.15, 0.2) is 0 Å². The zero-order valence-electron chi connectivity index (χ0n) is 14.5. The summed E-state index contributed by atoms with van der Waals surface area (Å²) in [4.78, 5) is 12.5. The fourth-order valence-electron chi connectivity index (χ4n) is 2.97. The molecule has 1 N–H and O–H groups in total. The molecule has 0 aliphatic rings. The van der Waals surface area contributed by atoms with Crippen LogP contribution in [-0.2, 0) is 13.1 Å². The molecule has 0 saturated heterocycles. The summed E-state index contributed by atoms with van der Waals surface area (Å²) in [6.07, 6.45) is 1.62. The normalized spacial score (nSPS) is 11.0. The molecule has 1 amide bonds. The van der Waals surface area contributed by atoms with Crippen molar-refractivity contribution >= 4 is 16.9 Å². The molecule has 0 aliphatic carbocycles. The van der Waals surface area contributed by atoms with Crippen molar-refractivity contribution in [1.82, 2.24) is 15.1 Å². The van der Waals surface area contributed by atoms with E-state index in [2.05, 4.69) is 10.4 Å². The number of carbonyl (C=O) groups excluding carboxylic acids is 1. The van der Waals surface area contributed by atoms with Crippen LogP contribution >= 0.6 is 0 Å². The predicted octanol–water partition coefficient (Wildman–Crippen LogP) is 3.92. The Morgan fingerprint density at radius 2 is 1.88 bits per heavy atom. The molecule has 0 aliphatic heterocycles. The van der Waals surface area contributed by atoms with E-state index in [9.17, 15) is 4.79 Å². The van der Waals surface area contributed by atoms with Crippen molar-refractivity contribution in [2.75, 3.05) is 0 Å². The summed E-state index contributed by atoms with van der Waals surface area (Å²) in [6.45, 7) is 2.90. The van der Waals surface area contributed by atoms with Crippen molar-refractivity contribution in [3.63, 3.8) is 0 Å². The smallest absolute Gasteiger partial charge is 0.255 e. The van der Waals surface area contributed by atoms with Crippen LogP contribution in [0.15, 0.2) is 71.3 Å². The third-order valence-corrected chi connectivity index (χ3v) is 4.42. The number of fused-ring (bicyclic) bond motifs is 1. The second kappa shape index (κ2) is 6.88. The standard InChI is InChI=1S/C21H19N3O2/c1-15-19(13-23-24(15)14-16-7-3-2-4-8-16)21(25)22-12-18-11-17-9-5-6-10-20(17)26-18/h2-11,13H,12,14H2,1H3,(H,22,25). The number of carbonyl (C=O) groups is 1. The Kier molecular flexibility index (Phi) is 4.27. The summed E-state index contributed by atoms with van der Waals surface area (Å²) < 4.78 is 7.57. The molecule has 0 fully saturated rings. The molecule has 26 heavy (non-hydrogen) atoms. The maximum atomic E-state index is 12.5. The Morgan fingerprint density at radius 1 is 1.12 bits per heavy atom. The first kappa shape index (κ1) is 16.1. The highest BCUT2D eigenvalue weighted by Crippen LogP contribution is 2.18. The van der Waals surface area contributed by atoms with Gasteiger partial charge in [0.1, 0.15) is 11.3 Å². The fourth-order valence-corrected chi connectivity index (χ4v) is 2.97. The summed E-state index contributed by atoms with van der Waals surface area (Å²) in [6, 6.07) is 19.8. The average Bonchev–Trinajstić information content (AvgIpc) is 3.24. The molecule has 2 aromatic carbocycles. The Balaban J connectivity index is 1.44. The number of para-hydroxylation sites is 1. The van der Waals surface area contributed by atoms with E-state index in [1.807, 2.05) is 72.3 Å². The van der Waals surface area contributed by atoms with Crippen LogP contribution in [0.2, 0.25) is 0 Å². The molecule has 0 spiro atoms. The van der Waals surface area contributed by atoms with Crippen LogP contribution in [0.1, 0.15) is 27.4 Å². The number of nitrogens with zero attached hydrogens (tertiary/aromatic N) is 2. The molecular formula is C21H19N3O2. The van der Waals surface area contributed by atoms with Gasteiger partial charge in [0.25, 0.3) is 5.91 Å². The molecule has 0 unspecified atom stereocenters. The van der Waals surface area contributed by atoms with E-state index in [1.54, 1.807) is 6.20 Å².